The van der Waals surface area contributed by atoms with Crippen LogP contribution in [-0.2, 0) is 11.2 Å². The largest absolute Gasteiger partial charge is 0.450 e. The number of carbonyl (C=O) groups excluding carboxylic acids is 1. The van der Waals surface area contributed by atoms with Crippen molar-refractivity contribution in [1.29, 1.82) is 0 Å². The maximum absolute atomic E-state index is 12.6. The van der Waals surface area contributed by atoms with E-state index < -0.39 is 18.4 Å². The minimum Gasteiger partial charge on any atom is -0.289 e. The molecule has 0 aliphatic rings. The number of benzene rings is 4. The Morgan fingerprint density at radius 3 is 2.00 bits per heavy atom. The average molecular weight is 312 g/mol. The van der Waals surface area contributed by atoms with Crippen LogP contribution in [0.1, 0.15) is 5.56 Å². The second-order valence-corrected chi connectivity index (χ2v) is 5.68. The summed E-state index contributed by atoms with van der Waals surface area (Å²) in [6.45, 7) is 0. The first-order chi connectivity index (χ1) is 10.9. The number of alkyl halides is 3. The lowest BCUT2D eigenvalue weighted by atomic mass is 9.90. The summed E-state index contributed by atoms with van der Waals surface area (Å²) in [7, 11) is 0. The summed E-state index contributed by atoms with van der Waals surface area (Å²) in [4.78, 5) is 11.4. The molecule has 1 nitrogen and oxygen atoms in total. The van der Waals surface area contributed by atoms with Crippen LogP contribution in [0.3, 0.4) is 0 Å². The first kappa shape index (κ1) is 14.0. The molecule has 114 valence electrons. The van der Waals surface area contributed by atoms with E-state index in [0.29, 0.717) is 10.9 Å². The summed E-state index contributed by atoms with van der Waals surface area (Å²) in [5, 5.41) is 5.72. The molecule has 0 fully saturated rings. The molecule has 0 saturated carbocycles. The molecular formula is C19H11F3O. The van der Waals surface area contributed by atoms with E-state index in [9.17, 15) is 18.0 Å². The van der Waals surface area contributed by atoms with Crippen molar-refractivity contribution in [1.82, 2.24) is 0 Å². The van der Waals surface area contributed by atoms with Crippen molar-refractivity contribution < 1.29 is 18.0 Å². The first-order valence-electron chi connectivity index (χ1n) is 7.20. The quantitative estimate of drug-likeness (QED) is 0.462. The predicted molar refractivity (Wildman–Crippen MR) is 84.9 cm³/mol. The molecule has 0 aliphatic carbocycles. The lowest BCUT2D eigenvalue weighted by Crippen LogP contribution is -2.24. The van der Waals surface area contributed by atoms with E-state index in [0.717, 1.165) is 26.9 Å². The Bertz CT molecular complexity index is 1030. The van der Waals surface area contributed by atoms with Gasteiger partial charge in [0.1, 0.15) is 0 Å². The Balaban J connectivity index is 2.02. The maximum atomic E-state index is 12.6. The number of rotatable bonds is 2. The molecule has 0 N–H and O–H groups in total. The highest BCUT2D eigenvalue weighted by molar-refractivity contribution is 6.23. The van der Waals surface area contributed by atoms with Crippen LogP contribution in [0, 0.1) is 0 Å². The van der Waals surface area contributed by atoms with E-state index in [-0.39, 0.29) is 0 Å². The molecule has 4 rings (SSSR count). The molecule has 0 unspecified atom stereocenters. The van der Waals surface area contributed by atoms with Crippen molar-refractivity contribution in [3.63, 3.8) is 0 Å². The van der Waals surface area contributed by atoms with Gasteiger partial charge in [0.15, 0.2) is 0 Å². The molecule has 0 aliphatic heterocycles. The average Bonchev–Trinajstić information content (AvgIpc) is 2.53. The smallest absolute Gasteiger partial charge is 0.289 e. The Kier molecular flexibility index (Phi) is 2.85. The van der Waals surface area contributed by atoms with Crippen LogP contribution < -0.4 is 0 Å². The number of halogens is 3. The summed E-state index contributed by atoms with van der Waals surface area (Å²) in [6.07, 6.45) is -5.43. The summed E-state index contributed by atoms with van der Waals surface area (Å²) >= 11 is 0. The summed E-state index contributed by atoms with van der Waals surface area (Å²) < 4.78 is 37.7. The van der Waals surface area contributed by atoms with Gasteiger partial charge in [-0.2, -0.15) is 13.2 Å². The van der Waals surface area contributed by atoms with Crippen LogP contribution in [0.15, 0.2) is 54.6 Å². The molecule has 4 heteroatoms. The van der Waals surface area contributed by atoms with Gasteiger partial charge >= 0.3 is 6.18 Å². The summed E-state index contributed by atoms with van der Waals surface area (Å²) in [6, 6.07) is 17.0. The van der Waals surface area contributed by atoms with Gasteiger partial charge in [0, 0.05) is 6.42 Å². The Morgan fingerprint density at radius 2 is 1.35 bits per heavy atom. The van der Waals surface area contributed by atoms with Crippen molar-refractivity contribution in [2.75, 3.05) is 0 Å². The molecule has 4 aromatic rings. The molecule has 0 radical (unpaired) electrons. The second kappa shape index (κ2) is 4.69. The minimum absolute atomic E-state index is 0.415. The predicted octanol–water partition coefficient (Wildman–Crippen LogP) is 5.26. The van der Waals surface area contributed by atoms with Crippen LogP contribution in [-0.4, -0.2) is 12.0 Å². The highest BCUT2D eigenvalue weighted by Gasteiger charge is 2.38. The van der Waals surface area contributed by atoms with Gasteiger partial charge in [-0.15, -0.1) is 0 Å². The Morgan fingerprint density at radius 1 is 0.783 bits per heavy atom. The third-order valence-corrected chi connectivity index (χ3v) is 4.29. The molecule has 23 heavy (non-hydrogen) atoms. The van der Waals surface area contributed by atoms with Crippen LogP contribution in [0.25, 0.3) is 32.3 Å². The normalized spacial score (nSPS) is 12.5. The van der Waals surface area contributed by atoms with Gasteiger partial charge < -0.3 is 0 Å². The minimum atomic E-state index is -4.80. The van der Waals surface area contributed by atoms with Gasteiger partial charge in [-0.25, -0.2) is 0 Å². The van der Waals surface area contributed by atoms with Gasteiger partial charge in [0.05, 0.1) is 0 Å². The van der Waals surface area contributed by atoms with E-state index in [2.05, 4.69) is 0 Å². The highest BCUT2D eigenvalue weighted by Crippen LogP contribution is 2.36. The third-order valence-electron chi connectivity index (χ3n) is 4.29. The molecule has 0 bridgehead atoms. The highest BCUT2D eigenvalue weighted by atomic mass is 19.4. The third kappa shape index (κ3) is 2.13. The van der Waals surface area contributed by atoms with E-state index >= 15 is 0 Å². The number of Topliss-reactive ketones (excluding diaryl/α,β-unsaturated/α-hetero) is 1. The van der Waals surface area contributed by atoms with Crippen LogP contribution in [0.4, 0.5) is 13.2 Å². The van der Waals surface area contributed by atoms with E-state index in [1.807, 2.05) is 42.5 Å². The van der Waals surface area contributed by atoms with E-state index in [4.69, 9.17) is 0 Å². The van der Waals surface area contributed by atoms with Crippen molar-refractivity contribution in [2.45, 2.75) is 12.6 Å². The number of ketones is 1. The van der Waals surface area contributed by atoms with Crippen molar-refractivity contribution in [2.24, 2.45) is 0 Å². The zero-order valence-corrected chi connectivity index (χ0v) is 11.9. The number of carbonyl (C=O) groups is 1. The number of hydrogen-bond acceptors (Lipinski definition) is 1. The lowest BCUT2D eigenvalue weighted by Gasteiger charge is -2.14. The van der Waals surface area contributed by atoms with Crippen LogP contribution in [0.5, 0.6) is 0 Å². The molecule has 0 saturated heterocycles. The van der Waals surface area contributed by atoms with E-state index in [1.165, 1.54) is 0 Å². The van der Waals surface area contributed by atoms with Crippen molar-refractivity contribution >= 4 is 38.1 Å². The molecular weight excluding hydrogens is 301 g/mol. The monoisotopic (exact) mass is 312 g/mol. The fourth-order valence-electron chi connectivity index (χ4n) is 3.22. The molecule has 0 atom stereocenters. The SMILES string of the molecule is O=C(Cc1ccc2ccc3cccc4ccc1c2c34)C(F)(F)F. The van der Waals surface area contributed by atoms with Crippen LogP contribution in [0.2, 0.25) is 0 Å². The van der Waals surface area contributed by atoms with Gasteiger partial charge in [-0.3, -0.25) is 4.79 Å². The summed E-state index contributed by atoms with van der Waals surface area (Å²) in [5.74, 6) is -1.72. The zero-order valence-electron chi connectivity index (χ0n) is 11.9. The zero-order chi connectivity index (χ0) is 16.2. The van der Waals surface area contributed by atoms with Gasteiger partial charge in [-0.1, -0.05) is 54.6 Å². The van der Waals surface area contributed by atoms with Gasteiger partial charge in [0.2, 0.25) is 5.78 Å². The Labute approximate surface area is 129 Å². The second-order valence-electron chi connectivity index (χ2n) is 5.68. The molecule has 0 amide bonds. The molecule has 0 spiro atoms. The Hall–Kier alpha value is -2.62. The molecule has 0 aromatic heterocycles. The molecule has 0 heterocycles. The van der Waals surface area contributed by atoms with Gasteiger partial charge in [-0.05, 0) is 37.9 Å². The van der Waals surface area contributed by atoms with Gasteiger partial charge in [0.25, 0.3) is 0 Å². The van der Waals surface area contributed by atoms with Crippen molar-refractivity contribution in [3.05, 3.63) is 60.2 Å². The topological polar surface area (TPSA) is 17.1 Å². The first-order valence-corrected chi connectivity index (χ1v) is 7.20. The fourth-order valence-corrected chi connectivity index (χ4v) is 3.22. The summed E-state index contributed by atoms with van der Waals surface area (Å²) in [5.41, 5.74) is 0.415. The fraction of sp³-hybridized carbons (Fsp3) is 0.105. The van der Waals surface area contributed by atoms with Crippen LogP contribution >= 0.6 is 0 Å². The maximum Gasteiger partial charge on any atom is 0.450 e. The van der Waals surface area contributed by atoms with E-state index in [1.54, 1.807) is 12.1 Å². The number of hydrogen-bond donors (Lipinski definition) is 0. The lowest BCUT2D eigenvalue weighted by molar-refractivity contribution is -0.170. The standard InChI is InChI=1S/C19H11F3O/c20-19(21,22)16(23)10-14-7-6-13-5-4-11-2-1-3-12-8-9-15(14)18(13)17(11)12/h1-9H,10H2. The molecule has 4 aromatic carbocycles. The van der Waals surface area contributed by atoms with Crippen molar-refractivity contribution in [3.8, 4) is 0 Å².